The largest absolute Gasteiger partial charge is 0.300 e. The normalized spacial score (nSPS) is 19.8. The molecule has 0 fully saturated rings. The Morgan fingerprint density at radius 3 is 3.09 bits per heavy atom. The Morgan fingerprint density at radius 2 is 2.26 bits per heavy atom. The third kappa shape index (κ3) is 2.48. The van der Waals surface area contributed by atoms with Crippen LogP contribution < -0.4 is 5.32 Å². The second-order valence-electron chi connectivity index (χ2n) is 5.79. The molecule has 0 spiro atoms. The van der Waals surface area contributed by atoms with Gasteiger partial charge < -0.3 is 5.32 Å². The number of hydrogen-bond acceptors (Lipinski definition) is 6. The molecule has 0 amide bonds. The van der Waals surface area contributed by atoms with E-state index in [1.807, 2.05) is 13.0 Å². The number of alkyl halides is 1. The van der Waals surface area contributed by atoms with Gasteiger partial charge in [0.2, 0.25) is 5.95 Å². The van der Waals surface area contributed by atoms with Crippen molar-refractivity contribution in [3.63, 3.8) is 0 Å². The molecule has 3 heterocycles. The summed E-state index contributed by atoms with van der Waals surface area (Å²) in [7, 11) is 0. The van der Waals surface area contributed by atoms with Crippen molar-refractivity contribution in [3.05, 3.63) is 34.7 Å². The first kappa shape index (κ1) is 14.3. The summed E-state index contributed by atoms with van der Waals surface area (Å²) in [6.07, 6.45) is 4.38. The molecule has 1 unspecified atom stereocenters. The maximum absolute atomic E-state index is 14.8. The average molecular weight is 330 g/mol. The number of aromatic amines is 1. The maximum atomic E-state index is 14.8. The summed E-state index contributed by atoms with van der Waals surface area (Å²) >= 11 is 1.51. The predicted octanol–water partition coefficient (Wildman–Crippen LogP) is 3.51. The number of H-pyrrole nitrogens is 1. The predicted molar refractivity (Wildman–Crippen MR) is 86.5 cm³/mol. The van der Waals surface area contributed by atoms with Crippen molar-refractivity contribution in [2.75, 3.05) is 5.32 Å². The van der Waals surface area contributed by atoms with Crippen LogP contribution in [0.25, 0.3) is 11.3 Å². The minimum absolute atomic E-state index is 0.401. The van der Waals surface area contributed by atoms with Gasteiger partial charge in [-0.15, -0.1) is 11.3 Å². The van der Waals surface area contributed by atoms with Gasteiger partial charge in [-0.3, -0.25) is 5.10 Å². The summed E-state index contributed by atoms with van der Waals surface area (Å²) in [5.41, 5.74) is 1.48. The highest BCUT2D eigenvalue weighted by molar-refractivity contribution is 7.16. The lowest BCUT2D eigenvalue weighted by atomic mass is 9.98. The third-order valence-electron chi connectivity index (χ3n) is 3.95. The minimum atomic E-state index is -1.42. The summed E-state index contributed by atoms with van der Waals surface area (Å²) in [5.74, 6) is 0.511. The van der Waals surface area contributed by atoms with E-state index in [2.05, 4.69) is 30.5 Å². The quantitative estimate of drug-likeness (QED) is 0.752. The molecule has 0 radical (unpaired) electrons. The van der Waals surface area contributed by atoms with Crippen LogP contribution >= 0.6 is 11.3 Å². The van der Waals surface area contributed by atoms with E-state index in [4.69, 9.17) is 0 Å². The van der Waals surface area contributed by atoms with E-state index in [0.29, 0.717) is 29.6 Å². The Morgan fingerprint density at radius 1 is 1.39 bits per heavy atom. The van der Waals surface area contributed by atoms with Crippen LogP contribution in [-0.2, 0) is 12.1 Å². The summed E-state index contributed by atoms with van der Waals surface area (Å²) in [6, 6.07) is 1.84. The molecule has 23 heavy (non-hydrogen) atoms. The van der Waals surface area contributed by atoms with Gasteiger partial charge in [0.1, 0.15) is 5.67 Å². The van der Waals surface area contributed by atoms with Crippen LogP contribution in [0.15, 0.2) is 18.5 Å². The number of nitrogens with zero attached hydrogens (tertiary/aromatic N) is 4. The van der Waals surface area contributed by atoms with Gasteiger partial charge in [-0.2, -0.15) is 5.10 Å². The van der Waals surface area contributed by atoms with Gasteiger partial charge in [0.05, 0.1) is 17.6 Å². The zero-order valence-electron chi connectivity index (χ0n) is 12.7. The molecule has 8 heteroatoms. The Kier molecular flexibility index (Phi) is 3.15. The average Bonchev–Trinajstić information content (AvgIpc) is 3.10. The monoisotopic (exact) mass is 330 g/mol. The van der Waals surface area contributed by atoms with Gasteiger partial charge in [-0.1, -0.05) is 0 Å². The van der Waals surface area contributed by atoms with E-state index >= 15 is 0 Å². The Bertz CT molecular complexity index is 868. The van der Waals surface area contributed by atoms with Gasteiger partial charge >= 0.3 is 0 Å². The van der Waals surface area contributed by atoms with Gasteiger partial charge in [-0.05, 0) is 32.8 Å². The SMILES string of the molecule is Cc1ccnc(Nc2nc3c(s2)CCC(C)(F)c2[nH]ncc2-3)n1. The van der Waals surface area contributed by atoms with E-state index in [9.17, 15) is 4.39 Å². The number of aryl methyl sites for hydroxylation is 2. The standard InChI is InChI=1S/C15H15FN6S/c1-8-4-6-17-13(19-8)21-14-20-11-9-7-18-22-12(9)15(2,16)5-3-10(11)23-14/h4,6-7H,3,5H2,1-2H3,(H,18,22)(H,17,19,20,21). The minimum Gasteiger partial charge on any atom is -0.300 e. The Hall–Kier alpha value is -2.35. The first-order chi connectivity index (χ1) is 11.0. The Labute approximate surface area is 136 Å². The highest BCUT2D eigenvalue weighted by Gasteiger charge is 2.35. The van der Waals surface area contributed by atoms with Crippen molar-refractivity contribution in [3.8, 4) is 11.3 Å². The number of halogens is 1. The highest BCUT2D eigenvalue weighted by atomic mass is 32.1. The molecule has 118 valence electrons. The summed E-state index contributed by atoms with van der Waals surface area (Å²) in [5, 5.41) is 10.6. The van der Waals surface area contributed by atoms with Crippen molar-refractivity contribution in [2.24, 2.45) is 0 Å². The fourth-order valence-electron chi connectivity index (χ4n) is 2.73. The molecule has 0 bridgehead atoms. The molecule has 0 aromatic carbocycles. The van der Waals surface area contributed by atoms with Crippen LogP contribution in [0.2, 0.25) is 0 Å². The lowest BCUT2D eigenvalue weighted by Gasteiger charge is -2.17. The number of rotatable bonds is 2. The number of anilines is 2. The molecule has 3 aromatic heterocycles. The molecular weight excluding hydrogens is 315 g/mol. The zero-order chi connectivity index (χ0) is 16.0. The molecule has 1 aliphatic rings. The number of nitrogens with one attached hydrogen (secondary N) is 2. The molecule has 0 saturated carbocycles. The molecule has 4 rings (SSSR count). The molecule has 0 saturated heterocycles. The van der Waals surface area contributed by atoms with E-state index < -0.39 is 5.67 Å². The lowest BCUT2D eigenvalue weighted by molar-refractivity contribution is 0.173. The molecule has 0 aliphatic heterocycles. The maximum Gasteiger partial charge on any atom is 0.229 e. The second kappa shape index (κ2) is 5.09. The highest BCUT2D eigenvalue weighted by Crippen LogP contribution is 2.43. The third-order valence-corrected chi connectivity index (χ3v) is 4.98. The number of fused-ring (bicyclic) bond motifs is 3. The van der Waals surface area contributed by atoms with Crippen molar-refractivity contribution < 1.29 is 4.39 Å². The number of hydrogen-bond donors (Lipinski definition) is 2. The fourth-order valence-corrected chi connectivity index (χ4v) is 3.70. The molecule has 2 N–H and O–H groups in total. The van der Waals surface area contributed by atoms with Crippen molar-refractivity contribution in [1.82, 2.24) is 25.1 Å². The molecule has 1 aliphatic carbocycles. The van der Waals surface area contributed by atoms with Gasteiger partial charge in [0.15, 0.2) is 5.13 Å². The smallest absolute Gasteiger partial charge is 0.229 e. The van der Waals surface area contributed by atoms with Gasteiger partial charge in [-0.25, -0.2) is 19.3 Å². The summed E-state index contributed by atoms with van der Waals surface area (Å²) < 4.78 is 14.8. The van der Waals surface area contributed by atoms with Crippen molar-refractivity contribution >= 4 is 22.4 Å². The van der Waals surface area contributed by atoms with Crippen LogP contribution in [0.1, 0.15) is 29.6 Å². The molecular formula is C15H15FN6S. The number of aromatic nitrogens is 5. The first-order valence-corrected chi connectivity index (χ1v) is 8.14. The summed E-state index contributed by atoms with van der Waals surface area (Å²) in [4.78, 5) is 14.2. The van der Waals surface area contributed by atoms with Gasteiger partial charge in [0.25, 0.3) is 0 Å². The van der Waals surface area contributed by atoms with Crippen molar-refractivity contribution in [2.45, 2.75) is 32.4 Å². The Balaban J connectivity index is 1.73. The van der Waals surface area contributed by atoms with E-state index in [1.54, 1.807) is 19.3 Å². The molecule has 3 aromatic rings. The topological polar surface area (TPSA) is 79.4 Å². The fraction of sp³-hybridized carbons (Fsp3) is 0.333. The first-order valence-electron chi connectivity index (χ1n) is 7.32. The summed E-state index contributed by atoms with van der Waals surface area (Å²) in [6.45, 7) is 3.49. The van der Waals surface area contributed by atoms with Crippen LogP contribution in [-0.4, -0.2) is 25.1 Å². The van der Waals surface area contributed by atoms with Crippen LogP contribution in [0, 0.1) is 6.92 Å². The van der Waals surface area contributed by atoms with E-state index in [1.165, 1.54) is 11.3 Å². The van der Waals surface area contributed by atoms with Gasteiger partial charge in [0, 0.05) is 22.3 Å². The molecule has 1 atom stereocenters. The second-order valence-corrected chi connectivity index (χ2v) is 6.88. The van der Waals surface area contributed by atoms with Crippen molar-refractivity contribution in [1.29, 1.82) is 0 Å². The van der Waals surface area contributed by atoms with Crippen LogP contribution in [0.5, 0.6) is 0 Å². The van der Waals surface area contributed by atoms with Crippen LogP contribution in [0.4, 0.5) is 15.5 Å². The van der Waals surface area contributed by atoms with E-state index in [-0.39, 0.29) is 0 Å². The molecule has 6 nitrogen and oxygen atoms in total. The van der Waals surface area contributed by atoms with E-state index in [0.717, 1.165) is 21.8 Å². The number of thiazole rings is 1. The van der Waals surface area contributed by atoms with Crippen LogP contribution in [0.3, 0.4) is 0 Å². The lowest BCUT2D eigenvalue weighted by Crippen LogP contribution is -2.16. The zero-order valence-corrected chi connectivity index (χ0v) is 13.5.